The summed E-state index contributed by atoms with van der Waals surface area (Å²) in [7, 11) is 0. The predicted molar refractivity (Wildman–Crippen MR) is 58.3 cm³/mol. The number of hydrogen-bond acceptors (Lipinski definition) is 5. The first-order chi connectivity index (χ1) is 7.78. The smallest absolute Gasteiger partial charge is 0.239 e. The predicted octanol–water partition coefficient (Wildman–Crippen LogP) is 0.890. The molecule has 2 unspecified atom stereocenters. The van der Waals surface area contributed by atoms with Crippen LogP contribution in [0.2, 0.25) is 0 Å². The summed E-state index contributed by atoms with van der Waals surface area (Å²) in [5.74, 6) is 6.21. The average molecular weight is 223 g/mol. The van der Waals surface area contributed by atoms with Gasteiger partial charge in [0.25, 0.3) is 0 Å². The Kier molecular flexibility index (Phi) is 2.17. The van der Waals surface area contributed by atoms with E-state index in [1.807, 2.05) is 4.90 Å². The van der Waals surface area contributed by atoms with Gasteiger partial charge in [0, 0.05) is 12.6 Å². The molecule has 0 radical (unpaired) electrons. The summed E-state index contributed by atoms with van der Waals surface area (Å²) in [5.41, 5.74) is 2.35. The second-order valence-electron chi connectivity index (χ2n) is 4.49. The molecule has 2 bridgehead atoms. The molecule has 0 aromatic carbocycles. The van der Waals surface area contributed by atoms with Crippen LogP contribution in [0.1, 0.15) is 19.3 Å². The third kappa shape index (κ3) is 1.41. The van der Waals surface area contributed by atoms with Crippen molar-refractivity contribution in [1.29, 1.82) is 0 Å². The van der Waals surface area contributed by atoms with Crippen molar-refractivity contribution in [2.75, 3.05) is 16.9 Å². The van der Waals surface area contributed by atoms with Gasteiger partial charge in [-0.2, -0.15) is 4.98 Å². The van der Waals surface area contributed by atoms with Gasteiger partial charge in [0.2, 0.25) is 5.95 Å². The van der Waals surface area contributed by atoms with Gasteiger partial charge >= 0.3 is 0 Å². The van der Waals surface area contributed by atoms with E-state index in [2.05, 4.69) is 15.4 Å². The lowest BCUT2D eigenvalue weighted by Crippen LogP contribution is -2.33. The highest BCUT2D eigenvalue weighted by atomic mass is 19.1. The molecule has 86 valence electrons. The monoisotopic (exact) mass is 223 g/mol. The standard InChI is InChI=1S/C10H14FN5/c11-8-4-13-10(15-12)14-9(8)16-5-6-1-2-7(16)3-6/h4,6-7H,1-3,5,12H2,(H,13,14,15). The van der Waals surface area contributed by atoms with Crippen molar-refractivity contribution in [3.05, 3.63) is 12.0 Å². The third-order valence-electron chi connectivity index (χ3n) is 3.54. The molecule has 1 saturated heterocycles. The number of nitrogen functional groups attached to an aromatic ring is 1. The van der Waals surface area contributed by atoms with Crippen LogP contribution in [0.15, 0.2) is 6.20 Å². The first-order valence-corrected chi connectivity index (χ1v) is 5.53. The molecule has 1 aromatic heterocycles. The lowest BCUT2D eigenvalue weighted by atomic mass is 10.1. The van der Waals surface area contributed by atoms with Crippen molar-refractivity contribution < 1.29 is 4.39 Å². The van der Waals surface area contributed by atoms with E-state index < -0.39 is 0 Å². The van der Waals surface area contributed by atoms with Crippen LogP contribution in [0.25, 0.3) is 0 Å². The number of hydrazine groups is 1. The number of hydrogen-bond donors (Lipinski definition) is 2. The van der Waals surface area contributed by atoms with Crippen molar-refractivity contribution >= 4 is 11.8 Å². The number of nitrogens with two attached hydrogens (primary N) is 1. The molecule has 3 rings (SSSR count). The fourth-order valence-electron chi connectivity index (χ4n) is 2.81. The third-order valence-corrected chi connectivity index (χ3v) is 3.54. The Labute approximate surface area is 92.8 Å². The number of aromatic nitrogens is 2. The Morgan fingerprint density at radius 3 is 3.00 bits per heavy atom. The average Bonchev–Trinajstić information content (AvgIpc) is 2.91. The Balaban J connectivity index is 1.93. The van der Waals surface area contributed by atoms with Crippen LogP contribution in [-0.4, -0.2) is 22.6 Å². The topological polar surface area (TPSA) is 67.1 Å². The molecule has 16 heavy (non-hydrogen) atoms. The molecular formula is C10H14FN5. The van der Waals surface area contributed by atoms with E-state index in [1.54, 1.807) is 0 Å². The Bertz CT molecular complexity index is 410. The largest absolute Gasteiger partial charge is 0.351 e. The summed E-state index contributed by atoms with van der Waals surface area (Å²) >= 11 is 0. The fraction of sp³-hybridized carbons (Fsp3) is 0.600. The van der Waals surface area contributed by atoms with Crippen LogP contribution in [0.3, 0.4) is 0 Å². The highest BCUT2D eigenvalue weighted by Gasteiger charge is 2.39. The van der Waals surface area contributed by atoms with Crippen molar-refractivity contribution in [2.45, 2.75) is 25.3 Å². The van der Waals surface area contributed by atoms with E-state index in [1.165, 1.54) is 12.6 Å². The van der Waals surface area contributed by atoms with E-state index >= 15 is 0 Å². The molecule has 1 saturated carbocycles. The van der Waals surface area contributed by atoms with Crippen LogP contribution in [-0.2, 0) is 0 Å². The van der Waals surface area contributed by atoms with Crippen molar-refractivity contribution in [3.8, 4) is 0 Å². The van der Waals surface area contributed by atoms with Crippen LogP contribution in [0.4, 0.5) is 16.2 Å². The minimum Gasteiger partial charge on any atom is -0.351 e. The summed E-state index contributed by atoms with van der Waals surface area (Å²) < 4.78 is 13.6. The zero-order chi connectivity index (χ0) is 11.1. The van der Waals surface area contributed by atoms with E-state index in [0.717, 1.165) is 19.4 Å². The molecule has 1 aliphatic heterocycles. The zero-order valence-electron chi connectivity index (χ0n) is 8.86. The van der Waals surface area contributed by atoms with Crippen molar-refractivity contribution in [1.82, 2.24) is 9.97 Å². The SMILES string of the molecule is NNc1ncc(F)c(N2CC3CCC2C3)n1. The molecule has 1 aromatic rings. The second kappa shape index (κ2) is 3.55. The Morgan fingerprint density at radius 1 is 1.50 bits per heavy atom. The van der Waals surface area contributed by atoms with Gasteiger partial charge in [-0.05, 0) is 25.2 Å². The van der Waals surface area contributed by atoms with E-state index in [9.17, 15) is 4.39 Å². The highest BCUT2D eigenvalue weighted by molar-refractivity contribution is 5.46. The first-order valence-electron chi connectivity index (χ1n) is 5.53. The summed E-state index contributed by atoms with van der Waals surface area (Å²) in [4.78, 5) is 9.88. The van der Waals surface area contributed by atoms with Gasteiger partial charge in [-0.25, -0.2) is 15.2 Å². The van der Waals surface area contributed by atoms with Crippen LogP contribution < -0.4 is 16.2 Å². The van der Waals surface area contributed by atoms with Gasteiger partial charge in [-0.15, -0.1) is 0 Å². The molecule has 0 spiro atoms. The van der Waals surface area contributed by atoms with Gasteiger partial charge in [0.15, 0.2) is 11.6 Å². The molecule has 6 heteroatoms. The molecule has 0 amide bonds. The maximum Gasteiger partial charge on any atom is 0.239 e. The molecule has 5 nitrogen and oxygen atoms in total. The maximum absolute atomic E-state index is 13.6. The molecule has 1 aliphatic carbocycles. The normalized spacial score (nSPS) is 27.5. The summed E-state index contributed by atoms with van der Waals surface area (Å²) in [5, 5.41) is 0. The van der Waals surface area contributed by atoms with Crippen LogP contribution >= 0.6 is 0 Å². The number of rotatable bonds is 2. The van der Waals surface area contributed by atoms with E-state index in [0.29, 0.717) is 17.8 Å². The summed E-state index contributed by atoms with van der Waals surface area (Å²) in [6.45, 7) is 0.905. The lowest BCUT2D eigenvalue weighted by molar-refractivity contribution is 0.533. The minimum atomic E-state index is -0.369. The van der Waals surface area contributed by atoms with Crippen molar-refractivity contribution in [2.24, 2.45) is 11.8 Å². The van der Waals surface area contributed by atoms with Gasteiger partial charge in [-0.3, -0.25) is 5.43 Å². The van der Waals surface area contributed by atoms with Gasteiger partial charge in [0.05, 0.1) is 6.20 Å². The molecule has 2 heterocycles. The number of nitrogens with zero attached hydrogens (tertiary/aromatic N) is 3. The summed E-state index contributed by atoms with van der Waals surface area (Å²) in [6.07, 6.45) is 4.73. The first kappa shape index (κ1) is 9.77. The number of piperidine rings is 1. The van der Waals surface area contributed by atoms with E-state index in [4.69, 9.17) is 5.84 Å². The lowest BCUT2D eigenvalue weighted by Gasteiger charge is -2.28. The number of nitrogens with one attached hydrogen (secondary N) is 1. The fourth-order valence-corrected chi connectivity index (χ4v) is 2.81. The Hall–Kier alpha value is -1.43. The molecule has 2 aliphatic rings. The van der Waals surface area contributed by atoms with Gasteiger partial charge in [0.1, 0.15) is 0 Å². The summed E-state index contributed by atoms with van der Waals surface area (Å²) in [6, 6.07) is 0.444. The van der Waals surface area contributed by atoms with E-state index in [-0.39, 0.29) is 11.8 Å². The van der Waals surface area contributed by atoms with Gasteiger partial charge in [-0.1, -0.05) is 0 Å². The van der Waals surface area contributed by atoms with Crippen LogP contribution in [0, 0.1) is 11.7 Å². The second-order valence-corrected chi connectivity index (χ2v) is 4.49. The van der Waals surface area contributed by atoms with Gasteiger partial charge < -0.3 is 4.90 Å². The zero-order valence-corrected chi connectivity index (χ0v) is 8.86. The number of fused-ring (bicyclic) bond motifs is 2. The quantitative estimate of drug-likeness (QED) is 0.575. The molecule has 2 fully saturated rings. The highest BCUT2D eigenvalue weighted by Crippen LogP contribution is 2.40. The number of halogens is 1. The van der Waals surface area contributed by atoms with Crippen LogP contribution in [0.5, 0.6) is 0 Å². The Morgan fingerprint density at radius 2 is 2.38 bits per heavy atom. The van der Waals surface area contributed by atoms with Crippen molar-refractivity contribution in [3.63, 3.8) is 0 Å². The molecular weight excluding hydrogens is 209 g/mol. The number of anilines is 2. The molecule has 2 atom stereocenters. The minimum absolute atomic E-state index is 0.263. The maximum atomic E-state index is 13.6. The molecule has 3 N–H and O–H groups in total.